The molecule has 0 bridgehead atoms. The van der Waals surface area contributed by atoms with Gasteiger partial charge in [0.05, 0.1) is 10.7 Å². The molecule has 1 amide bonds. The Bertz CT molecular complexity index is 1420. The molecule has 5 rings (SSSR count). The van der Waals surface area contributed by atoms with E-state index in [1.807, 2.05) is 60.4 Å². The molecule has 2 aromatic heterocycles. The molecule has 1 aliphatic heterocycles. The van der Waals surface area contributed by atoms with Crippen molar-refractivity contribution in [2.24, 2.45) is 0 Å². The lowest BCUT2D eigenvalue weighted by molar-refractivity contribution is -0.140. The molecule has 0 radical (unpaired) electrons. The molecule has 2 aromatic carbocycles. The number of aromatic nitrogens is 3. The third-order valence-corrected chi connectivity index (χ3v) is 7.41. The number of fused-ring (bicyclic) bond motifs is 1. The maximum Gasteiger partial charge on any atom is 0.275 e. The Morgan fingerprint density at radius 2 is 1.81 bits per heavy atom. The zero-order valence-electron chi connectivity index (χ0n) is 19.8. The molecule has 0 saturated carbocycles. The van der Waals surface area contributed by atoms with Gasteiger partial charge in [-0.15, -0.1) is 0 Å². The largest absolute Gasteiger partial charge is 0.481 e. The summed E-state index contributed by atoms with van der Waals surface area (Å²) in [6.07, 6.45) is 0.106. The SMILES string of the molecule is CC[C@H](Oc1ccccc1)C(=O)N1CCN(Cc2cc(=O)n3nc(-c4ccccc4Cl)sc3n2)CC1. The van der Waals surface area contributed by atoms with Crippen molar-refractivity contribution in [1.29, 1.82) is 0 Å². The summed E-state index contributed by atoms with van der Waals surface area (Å²) >= 11 is 7.64. The number of rotatable bonds is 7. The van der Waals surface area contributed by atoms with Gasteiger partial charge in [0, 0.05) is 44.4 Å². The van der Waals surface area contributed by atoms with Crippen LogP contribution in [0.2, 0.25) is 5.02 Å². The monoisotopic (exact) mass is 523 g/mol. The molecule has 1 aliphatic rings. The van der Waals surface area contributed by atoms with Gasteiger partial charge in [-0.2, -0.15) is 9.61 Å². The number of amides is 1. The number of ether oxygens (including phenoxy) is 1. The maximum atomic E-state index is 13.0. The molecule has 3 heterocycles. The van der Waals surface area contributed by atoms with Crippen LogP contribution in [0.15, 0.2) is 65.5 Å². The smallest absolute Gasteiger partial charge is 0.275 e. The Morgan fingerprint density at radius 3 is 2.53 bits per heavy atom. The highest BCUT2D eigenvalue weighted by Gasteiger charge is 2.28. The lowest BCUT2D eigenvalue weighted by atomic mass is 10.2. The number of para-hydroxylation sites is 1. The van der Waals surface area contributed by atoms with Crippen molar-refractivity contribution in [2.75, 3.05) is 26.2 Å². The molecule has 0 aliphatic carbocycles. The highest BCUT2D eigenvalue weighted by molar-refractivity contribution is 7.19. The molecule has 1 atom stereocenters. The van der Waals surface area contributed by atoms with Crippen LogP contribution in [0.3, 0.4) is 0 Å². The van der Waals surface area contributed by atoms with Crippen molar-refractivity contribution < 1.29 is 9.53 Å². The van der Waals surface area contributed by atoms with Crippen LogP contribution in [-0.4, -0.2) is 62.6 Å². The summed E-state index contributed by atoms with van der Waals surface area (Å²) in [5, 5.41) is 5.65. The minimum atomic E-state index is -0.498. The summed E-state index contributed by atoms with van der Waals surface area (Å²) in [7, 11) is 0. The predicted octanol–water partition coefficient (Wildman–Crippen LogP) is 3.97. The Labute approximate surface area is 217 Å². The van der Waals surface area contributed by atoms with Crippen LogP contribution in [0.1, 0.15) is 19.0 Å². The van der Waals surface area contributed by atoms with E-state index in [2.05, 4.69) is 15.0 Å². The lowest BCUT2D eigenvalue weighted by Crippen LogP contribution is -2.52. The molecular formula is C26H26ClN5O3S. The number of halogens is 1. The first kappa shape index (κ1) is 24.4. The van der Waals surface area contributed by atoms with Gasteiger partial charge in [-0.3, -0.25) is 14.5 Å². The van der Waals surface area contributed by atoms with Gasteiger partial charge in [0.1, 0.15) is 10.8 Å². The van der Waals surface area contributed by atoms with Crippen LogP contribution in [0.5, 0.6) is 5.75 Å². The third kappa shape index (κ3) is 5.28. The predicted molar refractivity (Wildman–Crippen MR) is 141 cm³/mol. The first-order valence-electron chi connectivity index (χ1n) is 11.9. The van der Waals surface area contributed by atoms with Gasteiger partial charge in [-0.1, -0.05) is 66.3 Å². The second-order valence-corrected chi connectivity index (χ2v) is 9.96. The van der Waals surface area contributed by atoms with Crippen molar-refractivity contribution in [3.8, 4) is 16.3 Å². The number of piperazine rings is 1. The Kier molecular flexibility index (Phi) is 7.31. The van der Waals surface area contributed by atoms with Crippen molar-refractivity contribution in [3.63, 3.8) is 0 Å². The van der Waals surface area contributed by atoms with Crippen LogP contribution in [0, 0.1) is 0 Å². The Hall–Kier alpha value is -3.27. The van der Waals surface area contributed by atoms with Gasteiger partial charge < -0.3 is 9.64 Å². The fourth-order valence-corrected chi connectivity index (χ4v) is 5.46. The highest BCUT2D eigenvalue weighted by Crippen LogP contribution is 2.30. The van der Waals surface area contributed by atoms with Crippen molar-refractivity contribution in [2.45, 2.75) is 26.0 Å². The van der Waals surface area contributed by atoms with Crippen molar-refractivity contribution in [1.82, 2.24) is 24.4 Å². The Balaban J connectivity index is 1.23. The standard InChI is InChI=1S/C26H26ClN5O3S/c1-2-22(35-19-8-4-3-5-9-19)25(34)31-14-12-30(13-15-31)17-18-16-23(33)32-26(28-18)36-24(29-32)20-10-6-7-11-21(20)27/h3-11,16,22H,2,12-15,17H2,1H3/t22-/m0/s1. The topological polar surface area (TPSA) is 80.0 Å². The normalized spacial score (nSPS) is 15.2. The van der Waals surface area contributed by atoms with E-state index in [9.17, 15) is 9.59 Å². The molecule has 8 nitrogen and oxygen atoms in total. The average molecular weight is 524 g/mol. The van der Waals surface area contributed by atoms with E-state index in [0.29, 0.717) is 65.6 Å². The quantitative estimate of drug-likeness (QED) is 0.364. The molecule has 0 N–H and O–H groups in total. The highest BCUT2D eigenvalue weighted by atomic mass is 35.5. The van der Waals surface area contributed by atoms with Crippen molar-refractivity contribution in [3.05, 3.63) is 81.7 Å². The van der Waals surface area contributed by atoms with Gasteiger partial charge >= 0.3 is 0 Å². The molecule has 1 fully saturated rings. The number of benzene rings is 2. The molecule has 186 valence electrons. The zero-order chi connectivity index (χ0) is 25.1. The average Bonchev–Trinajstić information content (AvgIpc) is 3.33. The summed E-state index contributed by atoms with van der Waals surface area (Å²) in [6, 6.07) is 18.4. The molecule has 0 unspecified atom stereocenters. The zero-order valence-corrected chi connectivity index (χ0v) is 21.4. The molecule has 10 heteroatoms. The second-order valence-electron chi connectivity index (χ2n) is 8.60. The van der Waals surface area contributed by atoms with E-state index in [1.165, 1.54) is 21.9 Å². The van der Waals surface area contributed by atoms with Crippen LogP contribution in [0.25, 0.3) is 15.5 Å². The fraction of sp³-hybridized carbons (Fsp3) is 0.308. The van der Waals surface area contributed by atoms with Gasteiger partial charge in [-0.05, 0) is 24.6 Å². The molecular weight excluding hydrogens is 498 g/mol. The first-order valence-corrected chi connectivity index (χ1v) is 13.1. The first-order chi connectivity index (χ1) is 17.5. The molecule has 0 spiro atoms. The third-order valence-electron chi connectivity index (χ3n) is 6.14. The summed E-state index contributed by atoms with van der Waals surface area (Å²) in [4.78, 5) is 35.0. The van der Waals surface area contributed by atoms with E-state index in [1.54, 1.807) is 6.07 Å². The van der Waals surface area contributed by atoms with Gasteiger partial charge in [0.15, 0.2) is 6.10 Å². The van der Waals surface area contributed by atoms with Crippen molar-refractivity contribution >= 4 is 33.8 Å². The number of carbonyl (C=O) groups is 1. The van der Waals surface area contributed by atoms with Crippen LogP contribution >= 0.6 is 22.9 Å². The van der Waals surface area contributed by atoms with E-state index in [-0.39, 0.29) is 11.5 Å². The maximum absolute atomic E-state index is 13.0. The minimum absolute atomic E-state index is 0.00977. The minimum Gasteiger partial charge on any atom is -0.481 e. The summed E-state index contributed by atoms with van der Waals surface area (Å²) in [5.74, 6) is 0.709. The lowest BCUT2D eigenvalue weighted by Gasteiger charge is -2.36. The molecule has 1 saturated heterocycles. The van der Waals surface area contributed by atoms with Crippen LogP contribution < -0.4 is 10.3 Å². The Morgan fingerprint density at radius 1 is 1.08 bits per heavy atom. The van der Waals surface area contributed by atoms with Gasteiger partial charge in [0.2, 0.25) is 4.96 Å². The second kappa shape index (κ2) is 10.8. The molecule has 4 aromatic rings. The summed E-state index contributed by atoms with van der Waals surface area (Å²) < 4.78 is 7.25. The summed E-state index contributed by atoms with van der Waals surface area (Å²) in [6.45, 7) is 5.09. The van der Waals surface area contributed by atoms with Crippen LogP contribution in [-0.2, 0) is 11.3 Å². The van der Waals surface area contributed by atoms with E-state index in [0.717, 1.165) is 5.56 Å². The van der Waals surface area contributed by atoms with E-state index < -0.39 is 6.10 Å². The number of hydrogen-bond donors (Lipinski definition) is 0. The van der Waals surface area contributed by atoms with E-state index >= 15 is 0 Å². The van der Waals surface area contributed by atoms with Gasteiger partial charge in [0.25, 0.3) is 11.5 Å². The molecule has 36 heavy (non-hydrogen) atoms. The fourth-order valence-electron chi connectivity index (χ4n) is 4.21. The number of hydrogen-bond acceptors (Lipinski definition) is 7. The van der Waals surface area contributed by atoms with E-state index in [4.69, 9.17) is 16.3 Å². The number of nitrogens with zero attached hydrogens (tertiary/aromatic N) is 5. The number of carbonyl (C=O) groups excluding carboxylic acids is 1. The van der Waals surface area contributed by atoms with Crippen LogP contribution in [0.4, 0.5) is 0 Å². The summed E-state index contributed by atoms with van der Waals surface area (Å²) in [5.41, 5.74) is 1.24. The van der Waals surface area contributed by atoms with Gasteiger partial charge in [-0.25, -0.2) is 4.98 Å².